The van der Waals surface area contributed by atoms with Crippen molar-refractivity contribution < 1.29 is 0 Å². The lowest BCUT2D eigenvalue weighted by atomic mass is 9.79. The van der Waals surface area contributed by atoms with Gasteiger partial charge in [0.1, 0.15) is 0 Å². The van der Waals surface area contributed by atoms with Gasteiger partial charge in [0, 0.05) is 6.04 Å². The van der Waals surface area contributed by atoms with Crippen molar-refractivity contribution in [3.05, 3.63) is 0 Å². The Balaban J connectivity index is 1.36. The van der Waals surface area contributed by atoms with Crippen molar-refractivity contribution >= 4 is 0 Å². The van der Waals surface area contributed by atoms with Crippen molar-refractivity contribution in [1.29, 1.82) is 0 Å². The second-order valence-corrected chi connectivity index (χ2v) is 9.03. The van der Waals surface area contributed by atoms with Crippen LogP contribution >= 0.6 is 0 Å². The summed E-state index contributed by atoms with van der Waals surface area (Å²) in [4.78, 5) is 2.80. The van der Waals surface area contributed by atoms with Gasteiger partial charge in [-0.25, -0.2) is 0 Å². The van der Waals surface area contributed by atoms with E-state index in [0.717, 1.165) is 12.0 Å². The summed E-state index contributed by atoms with van der Waals surface area (Å²) in [5.41, 5.74) is 0. The Kier molecular flexibility index (Phi) is 12.0. The molecule has 0 bridgehead atoms. The van der Waals surface area contributed by atoms with Gasteiger partial charge in [-0.15, -0.1) is 0 Å². The molecule has 1 nitrogen and oxygen atoms in total. The first-order valence-electron chi connectivity index (χ1n) is 12.2. The monoisotopic (exact) mass is 349 g/mol. The minimum atomic E-state index is 0.972. The van der Waals surface area contributed by atoms with E-state index in [2.05, 4.69) is 11.8 Å². The van der Waals surface area contributed by atoms with E-state index in [1.54, 1.807) is 0 Å². The molecule has 0 spiro atoms. The molecule has 0 radical (unpaired) electrons. The number of likely N-dealkylation sites (tertiary alicyclic amines) is 1. The minimum Gasteiger partial charge on any atom is -0.300 e. The zero-order chi connectivity index (χ0) is 17.6. The molecule has 1 heteroatoms. The van der Waals surface area contributed by atoms with Crippen LogP contribution < -0.4 is 0 Å². The zero-order valence-corrected chi connectivity index (χ0v) is 17.5. The minimum absolute atomic E-state index is 0.972. The van der Waals surface area contributed by atoms with Gasteiger partial charge in [-0.1, -0.05) is 103 Å². The van der Waals surface area contributed by atoms with E-state index in [1.165, 1.54) is 135 Å². The predicted molar refractivity (Wildman–Crippen MR) is 112 cm³/mol. The highest BCUT2D eigenvalue weighted by molar-refractivity contribution is 4.86. The molecule has 1 saturated heterocycles. The molecule has 2 rings (SSSR count). The molecule has 1 heterocycles. The predicted octanol–water partition coefficient (Wildman–Crippen LogP) is 7.73. The molecule has 1 saturated carbocycles. The van der Waals surface area contributed by atoms with E-state index in [0.29, 0.717) is 0 Å². The van der Waals surface area contributed by atoms with Gasteiger partial charge in [-0.05, 0) is 44.7 Å². The van der Waals surface area contributed by atoms with Gasteiger partial charge in [0.2, 0.25) is 0 Å². The molecule has 0 aromatic heterocycles. The summed E-state index contributed by atoms with van der Waals surface area (Å²) >= 11 is 0. The summed E-state index contributed by atoms with van der Waals surface area (Å²) in [7, 11) is 0. The Morgan fingerprint density at radius 2 is 1.12 bits per heavy atom. The average Bonchev–Trinajstić information content (AvgIpc) is 2.59. The lowest BCUT2D eigenvalue weighted by Gasteiger charge is -2.45. The first-order valence-corrected chi connectivity index (χ1v) is 12.2. The molecule has 2 unspecified atom stereocenters. The quantitative estimate of drug-likeness (QED) is 0.273. The van der Waals surface area contributed by atoms with E-state index in [1.807, 2.05) is 0 Å². The van der Waals surface area contributed by atoms with Crippen LogP contribution in [0.15, 0.2) is 0 Å². The molecule has 0 aromatic rings. The largest absolute Gasteiger partial charge is 0.300 e. The van der Waals surface area contributed by atoms with Gasteiger partial charge < -0.3 is 4.90 Å². The van der Waals surface area contributed by atoms with E-state index >= 15 is 0 Å². The molecule has 0 N–H and O–H groups in total. The molecule has 1 aliphatic carbocycles. The maximum atomic E-state index is 2.80. The number of nitrogens with zero attached hydrogens (tertiary/aromatic N) is 1. The molecule has 2 aliphatic rings. The molecule has 2 atom stereocenters. The highest BCUT2D eigenvalue weighted by atomic mass is 15.2. The molecule has 0 amide bonds. The first kappa shape index (κ1) is 21.3. The normalized spacial score (nSPS) is 24.4. The lowest BCUT2D eigenvalue weighted by Crippen LogP contribution is -2.49. The van der Waals surface area contributed by atoms with E-state index in [-0.39, 0.29) is 0 Å². The van der Waals surface area contributed by atoms with Crippen molar-refractivity contribution in [3.8, 4) is 0 Å². The van der Waals surface area contributed by atoms with Crippen LogP contribution in [0.2, 0.25) is 0 Å². The Morgan fingerprint density at radius 1 is 0.600 bits per heavy atom. The second-order valence-electron chi connectivity index (χ2n) is 9.03. The molecule has 25 heavy (non-hydrogen) atoms. The van der Waals surface area contributed by atoms with Gasteiger partial charge in [0.05, 0.1) is 0 Å². The van der Waals surface area contributed by atoms with Gasteiger partial charge in [0.15, 0.2) is 0 Å². The maximum absolute atomic E-state index is 2.80. The fourth-order valence-electron chi connectivity index (χ4n) is 5.10. The third kappa shape index (κ3) is 8.94. The molecular weight excluding hydrogens is 302 g/mol. The summed E-state index contributed by atoms with van der Waals surface area (Å²) < 4.78 is 0. The van der Waals surface area contributed by atoms with Crippen molar-refractivity contribution in [2.45, 2.75) is 135 Å². The van der Waals surface area contributed by atoms with Crippen LogP contribution in [0.4, 0.5) is 0 Å². The van der Waals surface area contributed by atoms with E-state index < -0.39 is 0 Å². The molecule has 2 fully saturated rings. The topological polar surface area (TPSA) is 3.24 Å². The van der Waals surface area contributed by atoms with E-state index in [9.17, 15) is 0 Å². The lowest BCUT2D eigenvalue weighted by molar-refractivity contribution is 0.0474. The Morgan fingerprint density at radius 3 is 1.64 bits per heavy atom. The summed E-state index contributed by atoms with van der Waals surface area (Å²) in [6.45, 7) is 5.11. The SMILES string of the molecule is CCCCCCCCCCCCCCCC1CCCCC1N1CCC1. The highest BCUT2D eigenvalue weighted by Crippen LogP contribution is 2.34. The Labute approximate surface area is 159 Å². The van der Waals surface area contributed by atoms with Crippen LogP contribution in [-0.2, 0) is 0 Å². The third-order valence-electron chi connectivity index (χ3n) is 6.91. The maximum Gasteiger partial charge on any atom is 0.0123 e. The van der Waals surface area contributed by atoms with Crippen LogP contribution in [0.5, 0.6) is 0 Å². The standard InChI is InChI=1S/C24H47N/c1-2-3-4-5-6-7-8-9-10-11-12-13-14-18-23-19-15-16-20-24(23)25-21-17-22-25/h23-24H,2-22H2,1H3. The zero-order valence-electron chi connectivity index (χ0n) is 17.5. The van der Waals surface area contributed by atoms with Crippen molar-refractivity contribution in [2.75, 3.05) is 13.1 Å². The number of unbranched alkanes of at least 4 members (excludes halogenated alkanes) is 12. The summed E-state index contributed by atoms with van der Waals surface area (Å²) in [6.07, 6.45) is 28.2. The van der Waals surface area contributed by atoms with Crippen LogP contribution in [0, 0.1) is 5.92 Å². The summed E-state index contributed by atoms with van der Waals surface area (Å²) in [6, 6.07) is 0.972. The smallest absolute Gasteiger partial charge is 0.0123 e. The van der Waals surface area contributed by atoms with Crippen LogP contribution in [0.3, 0.4) is 0 Å². The molecule has 0 aromatic carbocycles. The van der Waals surface area contributed by atoms with Gasteiger partial charge in [-0.3, -0.25) is 0 Å². The molecule has 148 valence electrons. The number of hydrogen-bond acceptors (Lipinski definition) is 1. The van der Waals surface area contributed by atoms with E-state index in [4.69, 9.17) is 0 Å². The summed E-state index contributed by atoms with van der Waals surface area (Å²) in [5, 5.41) is 0. The fraction of sp³-hybridized carbons (Fsp3) is 1.00. The van der Waals surface area contributed by atoms with Crippen molar-refractivity contribution in [2.24, 2.45) is 5.92 Å². The molecule has 1 aliphatic heterocycles. The van der Waals surface area contributed by atoms with Crippen LogP contribution in [0.25, 0.3) is 0 Å². The number of hydrogen-bond donors (Lipinski definition) is 0. The molecular formula is C24H47N. The second kappa shape index (κ2) is 14.1. The Hall–Kier alpha value is -0.0400. The van der Waals surface area contributed by atoms with Crippen molar-refractivity contribution in [1.82, 2.24) is 4.90 Å². The third-order valence-corrected chi connectivity index (χ3v) is 6.91. The van der Waals surface area contributed by atoms with Crippen LogP contribution in [0.1, 0.15) is 129 Å². The Bertz CT molecular complexity index is 296. The van der Waals surface area contributed by atoms with Crippen LogP contribution in [-0.4, -0.2) is 24.0 Å². The van der Waals surface area contributed by atoms with Crippen molar-refractivity contribution in [3.63, 3.8) is 0 Å². The summed E-state index contributed by atoms with van der Waals surface area (Å²) in [5.74, 6) is 1.04. The fourth-order valence-corrected chi connectivity index (χ4v) is 5.10. The van der Waals surface area contributed by atoms with Gasteiger partial charge >= 0.3 is 0 Å². The van der Waals surface area contributed by atoms with Gasteiger partial charge in [-0.2, -0.15) is 0 Å². The first-order chi connectivity index (χ1) is 12.4. The average molecular weight is 350 g/mol. The number of rotatable bonds is 15. The highest BCUT2D eigenvalue weighted by Gasteiger charge is 2.32. The van der Waals surface area contributed by atoms with Gasteiger partial charge in [0.25, 0.3) is 0 Å².